The van der Waals surface area contributed by atoms with Crippen LogP contribution >= 0.6 is 0 Å². The molecule has 0 aliphatic rings. The topological polar surface area (TPSA) is 69.9 Å². The van der Waals surface area contributed by atoms with Crippen molar-refractivity contribution in [3.05, 3.63) is 182 Å². The summed E-state index contributed by atoms with van der Waals surface area (Å²) in [6.07, 6.45) is 0. The number of rotatable bonds is 5. The maximum Gasteiger partial charge on any atom is 0.164 e. The molecule has 4 aromatic heterocycles. The van der Waals surface area contributed by atoms with Gasteiger partial charge in [-0.15, -0.1) is 0 Å². The van der Waals surface area contributed by atoms with Crippen molar-refractivity contribution in [2.24, 2.45) is 0 Å². The lowest BCUT2D eigenvalue weighted by molar-refractivity contribution is 0.668. The fourth-order valence-electron chi connectivity index (χ4n) is 8.32. The first-order chi connectivity index (χ1) is 28.2. The zero-order chi connectivity index (χ0) is 37.5. The predicted molar refractivity (Wildman–Crippen MR) is 230 cm³/mol. The van der Waals surface area contributed by atoms with Crippen molar-refractivity contribution in [3.63, 3.8) is 0 Å². The minimum absolute atomic E-state index is 0.590. The summed E-state index contributed by atoms with van der Waals surface area (Å²) in [6, 6.07) is 62.8. The third-order valence-electron chi connectivity index (χ3n) is 11.1. The molecule has 12 aromatic rings. The summed E-state index contributed by atoms with van der Waals surface area (Å²) in [5, 5.41) is 6.72. The van der Waals surface area contributed by atoms with E-state index in [2.05, 4.69) is 120 Å². The highest BCUT2D eigenvalue weighted by atomic mass is 16.3. The number of furan rings is 2. The van der Waals surface area contributed by atoms with Gasteiger partial charge in [0.05, 0.1) is 11.0 Å². The Morgan fingerprint density at radius 1 is 0.298 bits per heavy atom. The van der Waals surface area contributed by atoms with E-state index >= 15 is 0 Å². The highest BCUT2D eigenvalue weighted by molar-refractivity contribution is 6.11. The molecule has 0 atom stereocenters. The Balaban J connectivity index is 0.948. The number of para-hydroxylation sites is 2. The van der Waals surface area contributed by atoms with Gasteiger partial charge in [0.1, 0.15) is 22.3 Å². The van der Waals surface area contributed by atoms with Gasteiger partial charge in [-0.2, -0.15) is 0 Å². The second kappa shape index (κ2) is 12.3. The fraction of sp³-hybridized carbons (Fsp3) is 0. The molecule has 0 bridgehead atoms. The molecule has 0 N–H and O–H groups in total. The molecule has 0 aliphatic heterocycles. The quantitative estimate of drug-likeness (QED) is 0.176. The van der Waals surface area contributed by atoms with Gasteiger partial charge >= 0.3 is 0 Å². The zero-order valence-electron chi connectivity index (χ0n) is 30.4. The summed E-state index contributed by atoms with van der Waals surface area (Å²) in [4.78, 5) is 14.7. The van der Waals surface area contributed by atoms with E-state index in [-0.39, 0.29) is 0 Å². The molecule has 0 saturated heterocycles. The van der Waals surface area contributed by atoms with E-state index in [4.69, 9.17) is 23.8 Å². The smallest absolute Gasteiger partial charge is 0.164 e. The van der Waals surface area contributed by atoms with E-state index in [1.54, 1.807) is 0 Å². The van der Waals surface area contributed by atoms with Crippen LogP contribution in [0.2, 0.25) is 0 Å². The van der Waals surface area contributed by atoms with Crippen LogP contribution in [-0.2, 0) is 0 Å². The summed E-state index contributed by atoms with van der Waals surface area (Å²) in [5.41, 5.74) is 11.7. The van der Waals surface area contributed by atoms with Crippen LogP contribution in [0.4, 0.5) is 0 Å². The Labute approximate surface area is 325 Å². The Kier molecular flexibility index (Phi) is 6.83. The summed E-state index contributed by atoms with van der Waals surface area (Å²) >= 11 is 0. The lowest BCUT2D eigenvalue weighted by atomic mass is 10.0. The first-order valence-electron chi connectivity index (χ1n) is 19.0. The molecule has 0 unspecified atom stereocenters. The maximum absolute atomic E-state index is 6.47. The summed E-state index contributed by atoms with van der Waals surface area (Å²) in [6.45, 7) is 0. The summed E-state index contributed by atoms with van der Waals surface area (Å²) < 4.78 is 15.2. The molecule has 0 aliphatic carbocycles. The van der Waals surface area contributed by atoms with Gasteiger partial charge in [-0.3, -0.25) is 0 Å². The normalized spacial score (nSPS) is 11.9. The van der Waals surface area contributed by atoms with E-state index in [1.807, 2.05) is 66.7 Å². The monoisotopic (exact) mass is 730 g/mol. The Hall–Kier alpha value is -7.83. The van der Waals surface area contributed by atoms with Crippen molar-refractivity contribution < 1.29 is 8.83 Å². The third kappa shape index (κ3) is 5.08. The number of nitrogens with zero attached hydrogens (tertiary/aromatic N) is 4. The molecule has 0 radical (unpaired) electrons. The van der Waals surface area contributed by atoms with Crippen molar-refractivity contribution in [2.75, 3.05) is 0 Å². The highest BCUT2D eigenvalue weighted by Gasteiger charge is 2.17. The van der Waals surface area contributed by atoms with Crippen molar-refractivity contribution in [1.82, 2.24) is 19.5 Å². The van der Waals surface area contributed by atoms with Gasteiger partial charge in [-0.05, 0) is 77.9 Å². The van der Waals surface area contributed by atoms with Crippen LogP contribution in [0, 0.1) is 0 Å². The largest absolute Gasteiger partial charge is 0.456 e. The van der Waals surface area contributed by atoms with Crippen LogP contribution < -0.4 is 0 Å². The Morgan fingerprint density at radius 2 is 0.754 bits per heavy atom. The van der Waals surface area contributed by atoms with Gasteiger partial charge in [0.15, 0.2) is 17.5 Å². The molecule has 6 nitrogen and oxygen atoms in total. The van der Waals surface area contributed by atoms with Crippen LogP contribution in [0.1, 0.15) is 0 Å². The molecule has 12 rings (SSSR count). The van der Waals surface area contributed by atoms with Crippen LogP contribution in [0.3, 0.4) is 0 Å². The maximum atomic E-state index is 6.47. The summed E-state index contributed by atoms with van der Waals surface area (Å²) in [7, 11) is 0. The zero-order valence-corrected chi connectivity index (χ0v) is 30.4. The van der Waals surface area contributed by atoms with Gasteiger partial charge in [0, 0.05) is 54.7 Å². The predicted octanol–water partition coefficient (Wildman–Crippen LogP) is 13.4. The lowest BCUT2D eigenvalue weighted by Gasteiger charge is -2.08. The lowest BCUT2D eigenvalue weighted by Crippen LogP contribution is -2.00. The van der Waals surface area contributed by atoms with E-state index < -0.39 is 0 Å². The minimum Gasteiger partial charge on any atom is -0.456 e. The van der Waals surface area contributed by atoms with Crippen molar-refractivity contribution in [1.29, 1.82) is 0 Å². The van der Waals surface area contributed by atoms with Gasteiger partial charge in [-0.25, -0.2) is 15.0 Å². The molecule has 0 spiro atoms. The van der Waals surface area contributed by atoms with Gasteiger partial charge < -0.3 is 13.4 Å². The van der Waals surface area contributed by atoms with E-state index in [9.17, 15) is 0 Å². The number of hydrogen-bond donors (Lipinski definition) is 0. The first-order valence-corrected chi connectivity index (χ1v) is 19.0. The first kappa shape index (κ1) is 31.5. The molecule has 6 heteroatoms. The molecule has 0 fully saturated rings. The van der Waals surface area contributed by atoms with E-state index in [1.165, 1.54) is 21.8 Å². The molecule has 4 heterocycles. The molecule has 0 amide bonds. The van der Waals surface area contributed by atoms with Crippen molar-refractivity contribution >= 4 is 65.7 Å². The van der Waals surface area contributed by atoms with E-state index in [0.29, 0.717) is 17.5 Å². The van der Waals surface area contributed by atoms with Crippen LogP contribution in [-0.4, -0.2) is 19.5 Å². The second-order valence-corrected chi connectivity index (χ2v) is 14.4. The molecule has 266 valence electrons. The molecular weight excluding hydrogens is 701 g/mol. The van der Waals surface area contributed by atoms with Gasteiger partial charge in [0.2, 0.25) is 0 Å². The standard InChI is InChI=1S/C51H30N4O2/c1-3-11-31(12-4-1)49-52-50(32-13-5-2-6-14-32)54-51(53-49)35-19-23-39-40-27-33(20-24-45(40)57-48(39)29-35)34-21-25-46-41(28-34)42-30-36(22-26-47(42)56-46)55-43-17-9-7-15-37(43)38-16-8-10-18-44(38)55/h1-30H. The SMILES string of the molecule is c1ccc(-c2nc(-c3ccccc3)nc(-c3ccc4c(c3)oc3ccc(-c5ccc6oc7ccc(-n8c9ccccc9c9ccccc98)cc7c6c5)cc34)n2)cc1. The second-order valence-electron chi connectivity index (χ2n) is 14.4. The molecular formula is C51H30N4O2. The highest BCUT2D eigenvalue weighted by Crippen LogP contribution is 2.39. The number of aromatic nitrogens is 4. The van der Waals surface area contributed by atoms with Crippen LogP contribution in [0.25, 0.3) is 117 Å². The molecule has 8 aromatic carbocycles. The number of fused-ring (bicyclic) bond motifs is 9. The minimum atomic E-state index is 0.590. The Bertz CT molecular complexity index is 3410. The third-order valence-corrected chi connectivity index (χ3v) is 11.1. The number of hydrogen-bond acceptors (Lipinski definition) is 5. The van der Waals surface area contributed by atoms with E-state index in [0.717, 1.165) is 77.4 Å². The van der Waals surface area contributed by atoms with Crippen molar-refractivity contribution in [3.8, 4) is 51.0 Å². The fourth-order valence-corrected chi connectivity index (χ4v) is 8.32. The summed E-state index contributed by atoms with van der Waals surface area (Å²) in [5.74, 6) is 1.84. The van der Waals surface area contributed by atoms with Crippen molar-refractivity contribution in [2.45, 2.75) is 0 Å². The van der Waals surface area contributed by atoms with Gasteiger partial charge in [0.25, 0.3) is 0 Å². The molecule has 0 saturated carbocycles. The average molecular weight is 731 g/mol. The molecule has 57 heavy (non-hydrogen) atoms. The number of benzene rings is 8. The van der Waals surface area contributed by atoms with Crippen LogP contribution in [0.15, 0.2) is 191 Å². The Morgan fingerprint density at radius 3 is 1.35 bits per heavy atom. The van der Waals surface area contributed by atoms with Gasteiger partial charge in [-0.1, -0.05) is 115 Å². The van der Waals surface area contributed by atoms with Crippen LogP contribution in [0.5, 0.6) is 0 Å². The average Bonchev–Trinajstić information content (AvgIpc) is 3.95.